The van der Waals surface area contributed by atoms with Gasteiger partial charge in [-0.25, -0.2) is 8.42 Å². The second-order valence-corrected chi connectivity index (χ2v) is 10.5. The fourth-order valence-electron chi connectivity index (χ4n) is 4.14. The second-order valence-electron chi connectivity index (χ2n) is 8.79. The van der Waals surface area contributed by atoms with Gasteiger partial charge in [0.2, 0.25) is 22.7 Å². The highest BCUT2D eigenvalue weighted by atomic mass is 32.2. The van der Waals surface area contributed by atoms with Crippen molar-refractivity contribution < 1.29 is 32.2 Å². The summed E-state index contributed by atoms with van der Waals surface area (Å²) >= 11 is 0. The summed E-state index contributed by atoms with van der Waals surface area (Å²) in [6.07, 6.45) is 1.41. The number of fused-ring (bicyclic) bond motifs is 1. The Morgan fingerprint density at radius 1 is 1.06 bits per heavy atom. The first kappa shape index (κ1) is 24.2. The van der Waals surface area contributed by atoms with Crippen molar-refractivity contribution in [1.82, 2.24) is 5.32 Å². The van der Waals surface area contributed by atoms with Crippen LogP contribution in [0.3, 0.4) is 0 Å². The van der Waals surface area contributed by atoms with Crippen molar-refractivity contribution in [3.63, 3.8) is 0 Å². The summed E-state index contributed by atoms with van der Waals surface area (Å²) in [5.74, 6) is 0.757. The van der Waals surface area contributed by atoms with Crippen LogP contribution in [0.1, 0.15) is 32.3 Å². The number of rotatable bonds is 9. The van der Waals surface area contributed by atoms with Crippen LogP contribution in [0.2, 0.25) is 0 Å². The molecule has 4 rings (SSSR count). The van der Waals surface area contributed by atoms with Crippen molar-refractivity contribution in [2.45, 2.75) is 38.2 Å². The van der Waals surface area contributed by atoms with Crippen LogP contribution in [0.4, 0.5) is 5.69 Å². The molecule has 0 bridgehead atoms. The zero-order chi connectivity index (χ0) is 24.2. The van der Waals surface area contributed by atoms with Crippen LogP contribution in [0.15, 0.2) is 42.5 Å². The molecule has 1 fully saturated rings. The van der Waals surface area contributed by atoms with E-state index in [4.69, 9.17) is 18.9 Å². The van der Waals surface area contributed by atoms with E-state index in [0.29, 0.717) is 55.5 Å². The monoisotopic (exact) mass is 490 g/mol. The van der Waals surface area contributed by atoms with Gasteiger partial charge in [-0.2, -0.15) is 0 Å². The van der Waals surface area contributed by atoms with E-state index >= 15 is 0 Å². The Morgan fingerprint density at radius 3 is 2.47 bits per heavy atom. The largest absolute Gasteiger partial charge is 0.491 e. The zero-order valence-corrected chi connectivity index (χ0v) is 20.2. The summed E-state index contributed by atoms with van der Waals surface area (Å²) in [5.41, 5.74) is 0.994. The predicted molar refractivity (Wildman–Crippen MR) is 127 cm³/mol. The van der Waals surface area contributed by atoms with Crippen molar-refractivity contribution in [3.8, 4) is 17.2 Å². The van der Waals surface area contributed by atoms with Crippen LogP contribution in [0.25, 0.3) is 0 Å². The molecule has 10 heteroatoms. The van der Waals surface area contributed by atoms with Gasteiger partial charge in [-0.3, -0.25) is 9.52 Å². The quantitative estimate of drug-likeness (QED) is 0.556. The van der Waals surface area contributed by atoms with Gasteiger partial charge in [0.15, 0.2) is 11.5 Å². The maximum atomic E-state index is 12.6. The molecule has 2 heterocycles. The van der Waals surface area contributed by atoms with Gasteiger partial charge >= 0.3 is 0 Å². The minimum Gasteiger partial charge on any atom is -0.491 e. The molecule has 0 saturated carbocycles. The molecule has 0 aliphatic carbocycles. The van der Waals surface area contributed by atoms with E-state index in [-0.39, 0.29) is 18.3 Å². The van der Waals surface area contributed by atoms with E-state index in [0.717, 1.165) is 5.56 Å². The number of carbonyl (C=O) groups is 1. The average Bonchev–Trinajstić information content (AvgIpc) is 3.27. The lowest BCUT2D eigenvalue weighted by Gasteiger charge is -2.38. The summed E-state index contributed by atoms with van der Waals surface area (Å²) < 4.78 is 49.6. The lowest BCUT2D eigenvalue weighted by Crippen LogP contribution is -2.46. The lowest BCUT2D eigenvalue weighted by atomic mass is 9.74. The van der Waals surface area contributed by atoms with Crippen molar-refractivity contribution in [3.05, 3.63) is 48.0 Å². The number of nitrogens with one attached hydrogen (secondary N) is 2. The standard InChI is InChI=1S/C24H30N2O7S/c1-17(2)33-20-6-4-19(5-7-20)26-34(28,29)14-23(27)25-15-24(9-11-30-12-10-24)18-3-8-21-22(13-18)32-16-31-21/h3-8,13,17,26H,9-12,14-16H2,1-2H3,(H,25,27). The third-order valence-electron chi connectivity index (χ3n) is 5.88. The number of sulfonamides is 1. The molecule has 184 valence electrons. The van der Waals surface area contributed by atoms with E-state index in [1.54, 1.807) is 24.3 Å². The molecular formula is C24H30N2O7S. The molecule has 0 aromatic heterocycles. The molecule has 34 heavy (non-hydrogen) atoms. The maximum Gasteiger partial charge on any atom is 0.241 e. The zero-order valence-electron chi connectivity index (χ0n) is 19.3. The molecule has 0 spiro atoms. The third-order valence-corrected chi connectivity index (χ3v) is 7.07. The Hall–Kier alpha value is -2.98. The minimum atomic E-state index is -3.88. The molecule has 9 nitrogen and oxygen atoms in total. The van der Waals surface area contributed by atoms with Gasteiger partial charge in [0.1, 0.15) is 11.5 Å². The van der Waals surface area contributed by atoms with Gasteiger partial charge in [0.25, 0.3) is 0 Å². The molecule has 2 aromatic carbocycles. The number of hydrogen-bond acceptors (Lipinski definition) is 7. The fourth-order valence-corrected chi connectivity index (χ4v) is 5.15. The highest BCUT2D eigenvalue weighted by molar-refractivity contribution is 7.93. The summed E-state index contributed by atoms with van der Waals surface area (Å²) in [6, 6.07) is 12.3. The molecule has 2 N–H and O–H groups in total. The van der Waals surface area contributed by atoms with E-state index in [1.807, 2.05) is 32.0 Å². The van der Waals surface area contributed by atoms with Crippen molar-refractivity contribution in [2.75, 3.05) is 37.0 Å². The van der Waals surface area contributed by atoms with E-state index in [1.165, 1.54) is 0 Å². The summed E-state index contributed by atoms with van der Waals surface area (Å²) in [5, 5.41) is 2.83. The topological polar surface area (TPSA) is 112 Å². The predicted octanol–water partition coefficient (Wildman–Crippen LogP) is 2.81. The number of benzene rings is 2. The fraction of sp³-hybridized carbons (Fsp3) is 0.458. The summed E-state index contributed by atoms with van der Waals surface area (Å²) in [6.45, 7) is 5.41. The molecule has 0 atom stereocenters. The van der Waals surface area contributed by atoms with E-state index in [2.05, 4.69) is 10.0 Å². The number of hydrogen-bond donors (Lipinski definition) is 2. The van der Waals surface area contributed by atoms with Crippen LogP contribution in [-0.4, -0.2) is 52.7 Å². The first-order valence-electron chi connectivity index (χ1n) is 11.3. The third kappa shape index (κ3) is 5.92. The van der Waals surface area contributed by atoms with Crippen molar-refractivity contribution in [2.24, 2.45) is 0 Å². The van der Waals surface area contributed by atoms with Crippen molar-refractivity contribution >= 4 is 21.6 Å². The van der Waals surface area contributed by atoms with Crippen LogP contribution in [0, 0.1) is 0 Å². The van der Waals surface area contributed by atoms with Gasteiger partial charge in [-0.05, 0) is 68.7 Å². The Morgan fingerprint density at radius 2 is 1.76 bits per heavy atom. The minimum absolute atomic E-state index is 0.0166. The summed E-state index contributed by atoms with van der Waals surface area (Å²) in [7, 11) is -3.88. The van der Waals surface area contributed by atoms with Crippen LogP contribution in [-0.2, 0) is 25.0 Å². The van der Waals surface area contributed by atoms with Crippen LogP contribution in [0.5, 0.6) is 17.2 Å². The number of amides is 1. The van der Waals surface area contributed by atoms with Gasteiger partial charge in [0, 0.05) is 30.9 Å². The Kier molecular flexibility index (Phi) is 7.18. The molecular weight excluding hydrogens is 460 g/mol. The number of carbonyl (C=O) groups excluding carboxylic acids is 1. The SMILES string of the molecule is CC(C)Oc1ccc(NS(=O)(=O)CC(=O)NCC2(c3ccc4c(c3)OCO4)CCOCC2)cc1. The molecule has 2 aliphatic heterocycles. The highest BCUT2D eigenvalue weighted by Crippen LogP contribution is 2.40. The molecule has 0 unspecified atom stereocenters. The Balaban J connectivity index is 1.38. The second kappa shape index (κ2) is 10.1. The Bertz CT molecular complexity index is 1110. The van der Waals surface area contributed by atoms with Gasteiger partial charge in [-0.1, -0.05) is 6.07 Å². The van der Waals surface area contributed by atoms with Gasteiger partial charge < -0.3 is 24.3 Å². The van der Waals surface area contributed by atoms with Crippen LogP contribution < -0.4 is 24.2 Å². The maximum absolute atomic E-state index is 12.6. The van der Waals surface area contributed by atoms with Crippen LogP contribution >= 0.6 is 0 Å². The normalized spacial score (nSPS) is 16.8. The van der Waals surface area contributed by atoms with E-state index < -0.39 is 21.7 Å². The van der Waals surface area contributed by atoms with Gasteiger partial charge in [-0.15, -0.1) is 0 Å². The number of ether oxygens (including phenoxy) is 4. The lowest BCUT2D eigenvalue weighted by molar-refractivity contribution is -0.119. The molecule has 2 aliphatic rings. The molecule has 0 radical (unpaired) electrons. The molecule has 1 amide bonds. The first-order chi connectivity index (χ1) is 16.2. The van der Waals surface area contributed by atoms with Gasteiger partial charge in [0.05, 0.1) is 6.10 Å². The summed E-state index contributed by atoms with van der Waals surface area (Å²) in [4.78, 5) is 12.6. The average molecular weight is 491 g/mol. The first-order valence-corrected chi connectivity index (χ1v) is 12.9. The molecule has 1 saturated heterocycles. The van der Waals surface area contributed by atoms with E-state index in [9.17, 15) is 13.2 Å². The van der Waals surface area contributed by atoms with Crippen molar-refractivity contribution in [1.29, 1.82) is 0 Å². The molecule has 2 aromatic rings. The highest BCUT2D eigenvalue weighted by Gasteiger charge is 2.36. The Labute approximate surface area is 199 Å². The number of anilines is 1. The smallest absolute Gasteiger partial charge is 0.241 e.